The van der Waals surface area contributed by atoms with Gasteiger partial charge in [0.15, 0.2) is 0 Å². The number of nitrogens with one attached hydrogen (secondary N) is 2. The first-order valence-electron chi connectivity index (χ1n) is 11.0. The van der Waals surface area contributed by atoms with Crippen molar-refractivity contribution in [3.63, 3.8) is 0 Å². The zero-order valence-corrected chi connectivity index (χ0v) is 18.4. The summed E-state index contributed by atoms with van der Waals surface area (Å²) in [6.45, 7) is 3.85. The van der Waals surface area contributed by atoms with E-state index in [1.54, 1.807) is 0 Å². The summed E-state index contributed by atoms with van der Waals surface area (Å²) in [6, 6.07) is 0.185. The Hall–Kier alpha value is -2.15. The van der Waals surface area contributed by atoms with Crippen molar-refractivity contribution in [1.29, 1.82) is 0 Å². The number of carboxylic acids is 1. The number of fused-ring (bicyclic) bond motifs is 2. The average Bonchev–Trinajstić information content (AvgIpc) is 3.01. The zero-order chi connectivity index (χ0) is 21.4. The molecule has 1 aromatic rings. The summed E-state index contributed by atoms with van der Waals surface area (Å²) >= 11 is 1.40. The molecule has 4 aliphatic rings. The summed E-state index contributed by atoms with van der Waals surface area (Å²) in [4.78, 5) is 39.2. The lowest BCUT2D eigenvalue weighted by atomic mass is 9.62. The van der Waals surface area contributed by atoms with Crippen molar-refractivity contribution in [2.24, 2.45) is 23.7 Å². The molecular formula is C23H30N2O4S. The molecule has 4 aliphatic carbocycles. The van der Waals surface area contributed by atoms with Crippen LogP contribution in [0.1, 0.15) is 65.7 Å². The molecule has 4 atom stereocenters. The number of hydrogen-bond donors (Lipinski definition) is 3. The van der Waals surface area contributed by atoms with E-state index in [-0.39, 0.29) is 29.7 Å². The molecule has 1 aromatic heterocycles. The second-order valence-electron chi connectivity index (χ2n) is 8.96. The number of rotatable bonds is 5. The third-order valence-electron chi connectivity index (χ3n) is 7.13. The van der Waals surface area contributed by atoms with Crippen LogP contribution in [0.15, 0.2) is 12.2 Å². The lowest BCUT2D eigenvalue weighted by molar-refractivity contribution is -0.151. The average molecular weight is 431 g/mol. The minimum Gasteiger partial charge on any atom is -0.481 e. The maximum absolute atomic E-state index is 13.2. The van der Waals surface area contributed by atoms with Crippen LogP contribution in [-0.4, -0.2) is 28.9 Å². The standard InChI is InChI=1S/C23H30N2O4S/c1-12-13(2)30-22(17(12)20(26)24-16-6-4-3-5-7-16)25-21(27)18-14-8-10-15(11-9-14)19(18)23(28)29/h8,10,14-16,18-19H,3-7,9,11H2,1-2H3,(H,24,26)(H,25,27)(H,28,29)/t14-,15-,18+,19-/m0/s1. The van der Waals surface area contributed by atoms with E-state index >= 15 is 0 Å². The predicted molar refractivity (Wildman–Crippen MR) is 117 cm³/mol. The van der Waals surface area contributed by atoms with Crippen molar-refractivity contribution in [3.8, 4) is 0 Å². The van der Waals surface area contributed by atoms with Gasteiger partial charge < -0.3 is 15.7 Å². The van der Waals surface area contributed by atoms with Gasteiger partial charge >= 0.3 is 5.97 Å². The molecule has 6 nitrogen and oxygen atoms in total. The van der Waals surface area contributed by atoms with E-state index in [1.165, 1.54) is 17.8 Å². The molecule has 162 valence electrons. The van der Waals surface area contributed by atoms with E-state index in [2.05, 4.69) is 10.6 Å². The second-order valence-corrected chi connectivity index (χ2v) is 10.2. The topological polar surface area (TPSA) is 95.5 Å². The van der Waals surface area contributed by atoms with Gasteiger partial charge in [0.2, 0.25) is 5.91 Å². The van der Waals surface area contributed by atoms with Crippen molar-refractivity contribution in [2.75, 3.05) is 5.32 Å². The molecule has 0 aliphatic heterocycles. The van der Waals surface area contributed by atoms with Crippen LogP contribution in [0.4, 0.5) is 5.00 Å². The van der Waals surface area contributed by atoms with E-state index < -0.39 is 17.8 Å². The summed E-state index contributed by atoms with van der Waals surface area (Å²) in [5.41, 5.74) is 1.41. The molecule has 0 aromatic carbocycles. The van der Waals surface area contributed by atoms with Crippen molar-refractivity contribution < 1.29 is 19.5 Å². The number of hydrogen-bond acceptors (Lipinski definition) is 4. The van der Waals surface area contributed by atoms with Gasteiger partial charge in [0.05, 0.1) is 17.4 Å². The van der Waals surface area contributed by atoms with E-state index in [0.29, 0.717) is 10.6 Å². The Balaban J connectivity index is 1.55. The first-order chi connectivity index (χ1) is 14.4. The van der Waals surface area contributed by atoms with Crippen molar-refractivity contribution in [3.05, 3.63) is 28.2 Å². The number of amides is 2. The highest BCUT2D eigenvalue weighted by atomic mass is 32.1. The molecule has 30 heavy (non-hydrogen) atoms. The number of carboxylic acid groups (broad SMARTS) is 1. The van der Waals surface area contributed by atoms with Gasteiger partial charge in [-0.05, 0) is 56.9 Å². The predicted octanol–water partition coefficient (Wildman–Crippen LogP) is 4.28. The molecular weight excluding hydrogens is 400 g/mol. The number of thiophene rings is 1. The van der Waals surface area contributed by atoms with Crippen molar-refractivity contribution in [2.45, 2.75) is 64.8 Å². The molecule has 2 saturated carbocycles. The van der Waals surface area contributed by atoms with Gasteiger partial charge in [0.1, 0.15) is 5.00 Å². The van der Waals surface area contributed by atoms with Crippen LogP contribution >= 0.6 is 11.3 Å². The first kappa shape index (κ1) is 21.1. The minimum atomic E-state index is -0.914. The molecule has 0 unspecified atom stereocenters. The van der Waals surface area contributed by atoms with E-state index in [4.69, 9.17) is 0 Å². The smallest absolute Gasteiger partial charge is 0.307 e. The van der Waals surface area contributed by atoms with Crippen LogP contribution in [0.3, 0.4) is 0 Å². The molecule has 1 heterocycles. The maximum atomic E-state index is 13.2. The third kappa shape index (κ3) is 3.92. The Morgan fingerprint density at radius 3 is 2.20 bits per heavy atom. The molecule has 2 bridgehead atoms. The second kappa shape index (κ2) is 8.53. The van der Waals surface area contributed by atoms with Crippen molar-refractivity contribution in [1.82, 2.24) is 5.32 Å². The number of allylic oxidation sites excluding steroid dienone is 2. The van der Waals surface area contributed by atoms with Crippen LogP contribution in [0.2, 0.25) is 0 Å². The summed E-state index contributed by atoms with van der Waals surface area (Å²) in [6.07, 6.45) is 11.1. The van der Waals surface area contributed by atoms with Gasteiger partial charge in [-0.3, -0.25) is 14.4 Å². The number of aryl methyl sites for hydroxylation is 1. The fourth-order valence-corrected chi connectivity index (χ4v) is 6.44. The van der Waals surface area contributed by atoms with Gasteiger partial charge in [-0.15, -0.1) is 11.3 Å². The Kier molecular flexibility index (Phi) is 6.00. The Morgan fingerprint density at radius 2 is 1.60 bits per heavy atom. The maximum Gasteiger partial charge on any atom is 0.307 e. The van der Waals surface area contributed by atoms with E-state index in [0.717, 1.165) is 49.0 Å². The highest BCUT2D eigenvalue weighted by Gasteiger charge is 2.48. The highest BCUT2D eigenvalue weighted by Crippen LogP contribution is 2.46. The molecule has 0 spiro atoms. The zero-order valence-electron chi connectivity index (χ0n) is 17.6. The molecule has 2 amide bonds. The molecule has 3 N–H and O–H groups in total. The lowest BCUT2D eigenvalue weighted by Crippen LogP contribution is -2.47. The van der Waals surface area contributed by atoms with Gasteiger partial charge in [0.25, 0.3) is 5.91 Å². The van der Waals surface area contributed by atoms with Crippen LogP contribution in [0.5, 0.6) is 0 Å². The van der Waals surface area contributed by atoms with E-state index in [1.807, 2.05) is 26.0 Å². The number of anilines is 1. The van der Waals surface area contributed by atoms with Crippen LogP contribution < -0.4 is 10.6 Å². The number of carbonyl (C=O) groups is 3. The Labute approximate surface area is 181 Å². The quantitative estimate of drug-likeness (QED) is 0.608. The summed E-state index contributed by atoms with van der Waals surface area (Å²) < 4.78 is 0. The first-order valence-corrected chi connectivity index (χ1v) is 11.8. The fraction of sp³-hybridized carbons (Fsp3) is 0.609. The van der Waals surface area contributed by atoms with Gasteiger partial charge in [0, 0.05) is 10.9 Å². The van der Waals surface area contributed by atoms with Crippen molar-refractivity contribution >= 4 is 34.1 Å². The Bertz CT molecular complexity index is 884. The van der Waals surface area contributed by atoms with Crippen LogP contribution in [-0.2, 0) is 9.59 Å². The van der Waals surface area contributed by atoms with Crippen LogP contribution in [0, 0.1) is 37.5 Å². The third-order valence-corrected chi connectivity index (χ3v) is 8.25. The van der Waals surface area contributed by atoms with Gasteiger partial charge in [-0.1, -0.05) is 31.4 Å². The van der Waals surface area contributed by atoms with Gasteiger partial charge in [-0.2, -0.15) is 0 Å². The van der Waals surface area contributed by atoms with E-state index in [9.17, 15) is 19.5 Å². The summed E-state index contributed by atoms with van der Waals surface area (Å²) in [7, 11) is 0. The molecule has 5 rings (SSSR count). The highest BCUT2D eigenvalue weighted by molar-refractivity contribution is 7.16. The monoisotopic (exact) mass is 430 g/mol. The SMILES string of the molecule is Cc1sc(NC(=O)[C@H]2[C@@H](C(=O)O)[C@H]3C=C[C@H]2CC3)c(C(=O)NC2CCCCC2)c1C. The lowest BCUT2D eigenvalue weighted by Gasteiger charge is -2.41. The Morgan fingerprint density at radius 1 is 0.967 bits per heavy atom. The number of aliphatic carboxylic acids is 1. The molecule has 2 fully saturated rings. The fourth-order valence-electron chi connectivity index (χ4n) is 5.38. The normalized spacial score (nSPS) is 28.3. The molecule has 0 saturated heterocycles. The van der Waals surface area contributed by atoms with Crippen LogP contribution in [0.25, 0.3) is 0 Å². The number of carbonyl (C=O) groups excluding carboxylic acids is 2. The van der Waals surface area contributed by atoms with Gasteiger partial charge in [-0.25, -0.2) is 0 Å². The largest absolute Gasteiger partial charge is 0.481 e. The molecule has 0 radical (unpaired) electrons. The molecule has 7 heteroatoms. The minimum absolute atomic E-state index is 0.0576. The summed E-state index contributed by atoms with van der Waals surface area (Å²) in [5.74, 6) is -2.78. The summed E-state index contributed by atoms with van der Waals surface area (Å²) in [5, 5.41) is 16.4.